The molecule has 0 saturated carbocycles. The van der Waals surface area contributed by atoms with E-state index in [4.69, 9.17) is 23.2 Å². The zero-order valence-corrected chi connectivity index (χ0v) is 23.0. The highest BCUT2D eigenvalue weighted by atomic mass is 35.5. The van der Waals surface area contributed by atoms with Gasteiger partial charge in [0.15, 0.2) is 0 Å². The van der Waals surface area contributed by atoms with Crippen LogP contribution in [-0.4, -0.2) is 35.1 Å². The van der Waals surface area contributed by atoms with E-state index in [0.29, 0.717) is 34.3 Å². The molecule has 0 heterocycles. The van der Waals surface area contributed by atoms with Crippen molar-refractivity contribution in [2.24, 2.45) is 5.92 Å². The van der Waals surface area contributed by atoms with Crippen molar-refractivity contribution in [2.45, 2.75) is 38.6 Å². The van der Waals surface area contributed by atoms with E-state index in [1.165, 1.54) is 11.8 Å². The van der Waals surface area contributed by atoms with Crippen molar-refractivity contribution in [3.8, 4) is 0 Å². The normalized spacial score (nSPS) is 11.8. The van der Waals surface area contributed by atoms with Gasteiger partial charge in [-0.25, -0.2) is 0 Å². The summed E-state index contributed by atoms with van der Waals surface area (Å²) < 4.78 is 0. The van der Waals surface area contributed by atoms with Crippen LogP contribution in [0.25, 0.3) is 0 Å². The second-order valence-corrected chi connectivity index (χ2v) is 10.8. The van der Waals surface area contributed by atoms with E-state index in [1.807, 2.05) is 74.5 Å². The zero-order chi connectivity index (χ0) is 25.9. The van der Waals surface area contributed by atoms with Gasteiger partial charge in [-0.05, 0) is 29.2 Å². The van der Waals surface area contributed by atoms with E-state index in [0.717, 1.165) is 11.1 Å². The number of carbonyl (C=O) groups excluding carboxylic acids is 2. The minimum Gasteiger partial charge on any atom is -0.354 e. The quantitative estimate of drug-likeness (QED) is 0.279. The third-order valence-electron chi connectivity index (χ3n) is 5.68. The lowest BCUT2D eigenvalue weighted by atomic mass is 10.0. The van der Waals surface area contributed by atoms with E-state index in [-0.39, 0.29) is 30.0 Å². The third-order valence-corrected chi connectivity index (χ3v) is 7.38. The van der Waals surface area contributed by atoms with Gasteiger partial charge in [0.2, 0.25) is 11.8 Å². The van der Waals surface area contributed by atoms with E-state index in [2.05, 4.69) is 5.32 Å². The SMILES string of the molecule is CC(C)CNC(=O)[C@H](Cc1ccccc1)N(Cc1c(Cl)cccc1Cl)C(=O)CSCc1ccccc1. The molecule has 0 saturated heterocycles. The molecule has 0 unspecified atom stereocenters. The van der Waals surface area contributed by atoms with Crippen molar-refractivity contribution in [3.63, 3.8) is 0 Å². The lowest BCUT2D eigenvalue weighted by Gasteiger charge is -2.32. The molecule has 3 rings (SSSR count). The first kappa shape index (κ1) is 28.1. The molecule has 0 aliphatic rings. The first-order valence-corrected chi connectivity index (χ1v) is 13.9. The fraction of sp³-hybridized carbons (Fsp3) is 0.310. The fourth-order valence-corrected chi connectivity index (χ4v) is 5.13. The number of nitrogens with zero attached hydrogens (tertiary/aromatic N) is 1. The Labute approximate surface area is 228 Å². The lowest BCUT2D eigenvalue weighted by Crippen LogP contribution is -2.51. The van der Waals surface area contributed by atoms with Crippen molar-refractivity contribution in [1.82, 2.24) is 10.2 Å². The Kier molecular flexibility index (Phi) is 11.2. The summed E-state index contributed by atoms with van der Waals surface area (Å²) >= 11 is 14.5. The molecule has 190 valence electrons. The smallest absolute Gasteiger partial charge is 0.243 e. The maximum atomic E-state index is 13.7. The van der Waals surface area contributed by atoms with Gasteiger partial charge in [0.1, 0.15) is 6.04 Å². The van der Waals surface area contributed by atoms with Crippen LogP contribution in [0.3, 0.4) is 0 Å². The fourth-order valence-electron chi connectivity index (χ4n) is 3.74. The largest absolute Gasteiger partial charge is 0.354 e. The highest BCUT2D eigenvalue weighted by Gasteiger charge is 2.31. The molecule has 1 atom stereocenters. The Morgan fingerprint density at radius 2 is 1.44 bits per heavy atom. The van der Waals surface area contributed by atoms with Crippen LogP contribution in [0.5, 0.6) is 0 Å². The van der Waals surface area contributed by atoms with Crippen molar-refractivity contribution in [1.29, 1.82) is 0 Å². The van der Waals surface area contributed by atoms with Crippen LogP contribution < -0.4 is 5.32 Å². The number of hydrogen-bond donors (Lipinski definition) is 1. The summed E-state index contributed by atoms with van der Waals surface area (Å²) in [5, 5.41) is 3.97. The van der Waals surface area contributed by atoms with Gasteiger partial charge >= 0.3 is 0 Å². The number of nitrogens with one attached hydrogen (secondary N) is 1. The molecule has 0 spiro atoms. The molecule has 3 aromatic rings. The van der Waals surface area contributed by atoms with E-state index in [1.54, 1.807) is 23.1 Å². The predicted molar refractivity (Wildman–Crippen MR) is 151 cm³/mol. The molecular weight excluding hydrogens is 511 g/mol. The summed E-state index contributed by atoms with van der Waals surface area (Å²) in [7, 11) is 0. The number of hydrogen-bond acceptors (Lipinski definition) is 3. The first-order valence-electron chi connectivity index (χ1n) is 12.0. The molecule has 0 aliphatic carbocycles. The van der Waals surface area contributed by atoms with Crippen molar-refractivity contribution in [2.75, 3.05) is 12.3 Å². The Balaban J connectivity index is 1.89. The predicted octanol–water partition coefficient (Wildman–Crippen LogP) is 6.64. The average molecular weight is 544 g/mol. The van der Waals surface area contributed by atoms with Gasteiger partial charge < -0.3 is 10.2 Å². The molecule has 36 heavy (non-hydrogen) atoms. The van der Waals surface area contributed by atoms with Crippen LogP contribution in [-0.2, 0) is 28.3 Å². The first-order chi connectivity index (χ1) is 17.3. The molecule has 2 amide bonds. The molecule has 7 heteroatoms. The van der Waals surface area contributed by atoms with Gasteiger partial charge in [-0.3, -0.25) is 9.59 Å². The van der Waals surface area contributed by atoms with E-state index >= 15 is 0 Å². The molecule has 1 N–H and O–H groups in total. The number of benzene rings is 3. The summed E-state index contributed by atoms with van der Waals surface area (Å²) in [4.78, 5) is 28.8. The van der Waals surface area contributed by atoms with Gasteiger partial charge in [0.05, 0.1) is 5.75 Å². The number of halogens is 2. The summed E-state index contributed by atoms with van der Waals surface area (Å²) in [5.41, 5.74) is 2.76. The van der Waals surface area contributed by atoms with Crippen LogP contribution in [0.1, 0.15) is 30.5 Å². The van der Waals surface area contributed by atoms with Crippen LogP contribution in [0.2, 0.25) is 10.0 Å². The molecular formula is C29H32Cl2N2O2S. The molecule has 0 bridgehead atoms. The standard InChI is InChI=1S/C29H32Cl2N2O2S/c1-21(2)17-32-29(35)27(16-22-10-5-3-6-11-22)33(18-24-25(30)14-9-15-26(24)31)28(34)20-36-19-23-12-7-4-8-13-23/h3-15,21,27H,16-20H2,1-2H3,(H,32,35)/t27-/m0/s1. The number of carbonyl (C=O) groups is 2. The van der Waals surface area contributed by atoms with Crippen molar-refractivity contribution in [3.05, 3.63) is 106 Å². The molecule has 0 aromatic heterocycles. The van der Waals surface area contributed by atoms with Crippen LogP contribution in [0, 0.1) is 5.92 Å². The molecule has 0 radical (unpaired) electrons. The van der Waals surface area contributed by atoms with Gasteiger partial charge in [0, 0.05) is 40.9 Å². The van der Waals surface area contributed by atoms with Gasteiger partial charge in [-0.15, -0.1) is 11.8 Å². The molecule has 0 aliphatic heterocycles. The van der Waals surface area contributed by atoms with Crippen LogP contribution in [0.15, 0.2) is 78.9 Å². The average Bonchev–Trinajstić information content (AvgIpc) is 2.87. The highest BCUT2D eigenvalue weighted by Crippen LogP contribution is 2.28. The number of rotatable bonds is 12. The number of thioether (sulfide) groups is 1. The Bertz CT molecular complexity index is 1110. The van der Waals surface area contributed by atoms with Crippen molar-refractivity contribution < 1.29 is 9.59 Å². The van der Waals surface area contributed by atoms with Gasteiger partial charge in [-0.1, -0.05) is 104 Å². The highest BCUT2D eigenvalue weighted by molar-refractivity contribution is 7.99. The van der Waals surface area contributed by atoms with E-state index < -0.39 is 6.04 Å². The third kappa shape index (κ3) is 8.58. The second-order valence-electron chi connectivity index (χ2n) is 9.04. The summed E-state index contributed by atoms with van der Waals surface area (Å²) in [6, 6.07) is 24.3. The molecule has 0 fully saturated rings. The lowest BCUT2D eigenvalue weighted by molar-refractivity contribution is -0.139. The monoisotopic (exact) mass is 542 g/mol. The van der Waals surface area contributed by atoms with Crippen LogP contribution >= 0.6 is 35.0 Å². The van der Waals surface area contributed by atoms with Crippen LogP contribution in [0.4, 0.5) is 0 Å². The maximum Gasteiger partial charge on any atom is 0.243 e. The summed E-state index contributed by atoms with van der Waals surface area (Å²) in [6.07, 6.45) is 0.391. The Morgan fingerprint density at radius 1 is 0.861 bits per heavy atom. The summed E-state index contributed by atoms with van der Waals surface area (Å²) in [5.74, 6) is 0.912. The number of amides is 2. The Morgan fingerprint density at radius 3 is 2.03 bits per heavy atom. The minimum absolute atomic E-state index is 0.132. The zero-order valence-electron chi connectivity index (χ0n) is 20.6. The molecule has 3 aromatic carbocycles. The maximum absolute atomic E-state index is 13.7. The van der Waals surface area contributed by atoms with Crippen molar-refractivity contribution >= 4 is 46.8 Å². The molecule has 4 nitrogen and oxygen atoms in total. The van der Waals surface area contributed by atoms with Gasteiger partial charge in [0.25, 0.3) is 0 Å². The Hall–Kier alpha value is -2.47. The second kappa shape index (κ2) is 14.3. The van der Waals surface area contributed by atoms with Gasteiger partial charge in [-0.2, -0.15) is 0 Å². The topological polar surface area (TPSA) is 49.4 Å². The van der Waals surface area contributed by atoms with E-state index in [9.17, 15) is 9.59 Å². The minimum atomic E-state index is -0.705. The summed E-state index contributed by atoms with van der Waals surface area (Å²) in [6.45, 7) is 4.76.